The summed E-state index contributed by atoms with van der Waals surface area (Å²) in [5.74, 6) is 0.0727. The van der Waals surface area contributed by atoms with Gasteiger partial charge in [0.25, 0.3) is 0 Å². The maximum atomic E-state index is 12.3. The molecule has 0 aromatic heterocycles. The second-order valence-electron chi connectivity index (χ2n) is 6.45. The van der Waals surface area contributed by atoms with Crippen molar-refractivity contribution in [3.05, 3.63) is 47.0 Å². The Bertz CT molecular complexity index is 784. The van der Waals surface area contributed by atoms with E-state index in [-0.39, 0.29) is 5.75 Å². The van der Waals surface area contributed by atoms with Crippen LogP contribution in [0.15, 0.2) is 36.4 Å². The van der Waals surface area contributed by atoms with Crippen LogP contribution in [0.4, 0.5) is 14.5 Å². The van der Waals surface area contributed by atoms with Gasteiger partial charge in [-0.25, -0.2) is 0 Å². The van der Waals surface area contributed by atoms with Crippen LogP contribution in [0.3, 0.4) is 0 Å². The number of nitrogens with zero attached hydrogens (tertiary/aromatic N) is 1. The monoisotopic (exact) mass is 364 g/mol. The maximum Gasteiger partial charge on any atom is 0.387 e. The second kappa shape index (κ2) is 6.81. The van der Waals surface area contributed by atoms with Crippen molar-refractivity contribution < 1.29 is 13.5 Å². The minimum Gasteiger partial charge on any atom is -0.435 e. The van der Waals surface area contributed by atoms with Gasteiger partial charge in [-0.3, -0.25) is 0 Å². The molecule has 1 atom stereocenters. The topological polar surface area (TPSA) is 24.5 Å². The first-order chi connectivity index (χ1) is 12.1. The predicted octanol–water partition coefficient (Wildman–Crippen LogP) is 4.33. The van der Waals surface area contributed by atoms with Crippen LogP contribution in [0.1, 0.15) is 12.0 Å². The van der Waals surface area contributed by atoms with Crippen molar-refractivity contribution in [2.75, 3.05) is 24.5 Å². The van der Waals surface area contributed by atoms with Crippen LogP contribution in [0, 0.1) is 0 Å². The Balaban J connectivity index is 1.66. The van der Waals surface area contributed by atoms with Crippen molar-refractivity contribution in [2.45, 2.75) is 25.5 Å². The molecule has 0 amide bonds. The molecule has 2 aromatic rings. The van der Waals surface area contributed by atoms with E-state index in [4.69, 9.17) is 11.6 Å². The zero-order valence-electron chi connectivity index (χ0n) is 13.6. The molecule has 132 valence electrons. The normalized spacial score (nSPS) is 19.5. The Kier molecular flexibility index (Phi) is 4.52. The van der Waals surface area contributed by atoms with Gasteiger partial charge < -0.3 is 15.0 Å². The summed E-state index contributed by atoms with van der Waals surface area (Å²) in [6.07, 6.45) is 2.22. The molecule has 2 aliphatic rings. The molecule has 2 heterocycles. The van der Waals surface area contributed by atoms with Crippen molar-refractivity contribution in [1.82, 2.24) is 5.32 Å². The molecule has 1 saturated heterocycles. The van der Waals surface area contributed by atoms with Gasteiger partial charge in [0.05, 0.1) is 5.02 Å². The minimum atomic E-state index is -2.85. The molecule has 25 heavy (non-hydrogen) atoms. The van der Waals surface area contributed by atoms with Gasteiger partial charge in [0.2, 0.25) is 0 Å². The Hall–Kier alpha value is -1.85. The molecule has 0 bridgehead atoms. The Morgan fingerprint density at radius 3 is 2.84 bits per heavy atom. The number of hydrogen-bond acceptors (Lipinski definition) is 3. The summed E-state index contributed by atoms with van der Waals surface area (Å²) in [4.78, 5) is 2.47. The highest BCUT2D eigenvalue weighted by molar-refractivity contribution is 6.33. The lowest BCUT2D eigenvalue weighted by molar-refractivity contribution is -0.0498. The number of halogens is 3. The second-order valence-corrected chi connectivity index (χ2v) is 6.86. The van der Waals surface area contributed by atoms with Crippen LogP contribution in [-0.4, -0.2) is 32.3 Å². The number of fused-ring (bicyclic) bond motifs is 3. The number of rotatable bonds is 3. The lowest BCUT2D eigenvalue weighted by atomic mass is 10.0. The van der Waals surface area contributed by atoms with Gasteiger partial charge in [-0.05, 0) is 54.8 Å². The molecule has 0 radical (unpaired) electrons. The van der Waals surface area contributed by atoms with Crippen LogP contribution in [0.5, 0.6) is 5.75 Å². The van der Waals surface area contributed by atoms with Crippen molar-refractivity contribution in [2.24, 2.45) is 0 Å². The molecule has 2 aliphatic heterocycles. The number of benzene rings is 2. The summed E-state index contributed by atoms with van der Waals surface area (Å²) in [6.45, 7) is 0.186. The lowest BCUT2D eigenvalue weighted by Crippen LogP contribution is -2.32. The van der Waals surface area contributed by atoms with Crippen molar-refractivity contribution in [3.63, 3.8) is 0 Å². The fraction of sp³-hybridized carbons (Fsp3) is 0.368. The highest BCUT2D eigenvalue weighted by Crippen LogP contribution is 2.39. The van der Waals surface area contributed by atoms with E-state index in [1.54, 1.807) is 6.07 Å². The smallest absolute Gasteiger partial charge is 0.387 e. The summed E-state index contributed by atoms with van der Waals surface area (Å²) in [6, 6.07) is 11.6. The molecule has 6 heteroatoms. The number of hydrogen-bond donors (Lipinski definition) is 1. The van der Waals surface area contributed by atoms with Crippen LogP contribution < -0.4 is 15.0 Å². The summed E-state index contributed by atoms with van der Waals surface area (Å²) in [5.41, 5.74) is 4.44. The molecule has 0 aliphatic carbocycles. The summed E-state index contributed by atoms with van der Waals surface area (Å²) < 4.78 is 29.1. The van der Waals surface area contributed by atoms with E-state index in [9.17, 15) is 8.78 Å². The molecule has 2 aromatic carbocycles. The van der Waals surface area contributed by atoms with E-state index in [2.05, 4.69) is 33.2 Å². The molecular weight excluding hydrogens is 346 g/mol. The van der Waals surface area contributed by atoms with Gasteiger partial charge in [0.15, 0.2) is 0 Å². The minimum absolute atomic E-state index is 0.0727. The third-order valence-electron chi connectivity index (χ3n) is 4.95. The third-order valence-corrected chi connectivity index (χ3v) is 5.26. The van der Waals surface area contributed by atoms with Gasteiger partial charge in [-0.2, -0.15) is 8.78 Å². The average molecular weight is 365 g/mol. The first-order valence-electron chi connectivity index (χ1n) is 8.47. The van der Waals surface area contributed by atoms with Crippen LogP contribution in [0.2, 0.25) is 5.02 Å². The zero-order chi connectivity index (χ0) is 17.4. The van der Waals surface area contributed by atoms with Gasteiger partial charge >= 0.3 is 6.61 Å². The highest BCUT2D eigenvalue weighted by Gasteiger charge is 2.30. The number of ether oxygens (including phenoxy) is 1. The fourth-order valence-electron chi connectivity index (χ4n) is 3.79. The van der Waals surface area contributed by atoms with Gasteiger partial charge in [0, 0.05) is 30.4 Å². The zero-order valence-corrected chi connectivity index (χ0v) is 14.4. The molecule has 1 N–H and O–H groups in total. The molecule has 4 rings (SSSR count). The molecule has 0 saturated carbocycles. The predicted molar refractivity (Wildman–Crippen MR) is 95.8 cm³/mol. The molecule has 3 nitrogen and oxygen atoms in total. The van der Waals surface area contributed by atoms with Gasteiger partial charge in [-0.15, -0.1) is 0 Å². The molecule has 0 spiro atoms. The fourth-order valence-corrected chi connectivity index (χ4v) is 4.07. The first-order valence-corrected chi connectivity index (χ1v) is 8.84. The Morgan fingerprint density at radius 1 is 1.16 bits per heavy atom. The summed E-state index contributed by atoms with van der Waals surface area (Å²) >= 11 is 6.31. The number of anilines is 1. The van der Waals surface area contributed by atoms with Crippen LogP contribution >= 0.6 is 11.6 Å². The summed E-state index contributed by atoms with van der Waals surface area (Å²) in [7, 11) is 0. The van der Waals surface area contributed by atoms with Gasteiger partial charge in [0.1, 0.15) is 5.75 Å². The SMILES string of the molecule is FC(F)Oc1ccc(-c2ccc3c(c2)N2CCNCCC2C3)c(Cl)c1. The van der Waals surface area contributed by atoms with Crippen LogP contribution in [0.25, 0.3) is 11.1 Å². The standard InChI is InChI=1S/C19H19ClF2N2O/c20-17-11-15(25-19(21)22)3-4-16(17)12-1-2-13-9-14-5-6-23-7-8-24(14)18(13)10-12/h1-4,10-11,14,19,23H,5-9H2. The van der Waals surface area contributed by atoms with Crippen molar-refractivity contribution >= 4 is 17.3 Å². The number of nitrogens with one attached hydrogen (secondary N) is 1. The Morgan fingerprint density at radius 2 is 2.04 bits per heavy atom. The van der Waals surface area contributed by atoms with E-state index >= 15 is 0 Å². The molecule has 1 fully saturated rings. The maximum absolute atomic E-state index is 12.3. The molecular formula is C19H19ClF2N2O. The average Bonchev–Trinajstić information content (AvgIpc) is 2.75. The quantitative estimate of drug-likeness (QED) is 0.877. The lowest BCUT2D eigenvalue weighted by Gasteiger charge is -2.25. The number of alkyl halides is 2. The van der Waals surface area contributed by atoms with E-state index < -0.39 is 6.61 Å². The Labute approximate surface area is 150 Å². The molecule has 1 unspecified atom stereocenters. The third kappa shape index (κ3) is 3.31. The van der Waals surface area contributed by atoms with E-state index in [1.165, 1.54) is 23.4 Å². The van der Waals surface area contributed by atoms with Crippen molar-refractivity contribution in [3.8, 4) is 16.9 Å². The van der Waals surface area contributed by atoms with Gasteiger partial charge in [-0.1, -0.05) is 23.7 Å². The van der Waals surface area contributed by atoms with E-state index in [0.717, 1.165) is 43.6 Å². The van der Waals surface area contributed by atoms with E-state index in [1.807, 2.05) is 0 Å². The summed E-state index contributed by atoms with van der Waals surface area (Å²) in [5, 5.41) is 3.85. The highest BCUT2D eigenvalue weighted by atomic mass is 35.5. The van der Waals surface area contributed by atoms with Crippen molar-refractivity contribution in [1.29, 1.82) is 0 Å². The van der Waals surface area contributed by atoms with E-state index in [0.29, 0.717) is 11.1 Å². The largest absolute Gasteiger partial charge is 0.435 e. The first kappa shape index (κ1) is 16.6. The van der Waals surface area contributed by atoms with Crippen LogP contribution in [-0.2, 0) is 6.42 Å².